The van der Waals surface area contributed by atoms with Gasteiger partial charge in [-0.05, 0) is 44.9 Å². The molecule has 0 aliphatic rings. The molecule has 0 atom stereocenters. The van der Waals surface area contributed by atoms with Crippen LogP contribution >= 0.6 is 0 Å². The molecule has 0 radical (unpaired) electrons. The van der Waals surface area contributed by atoms with Crippen LogP contribution in [-0.4, -0.2) is 22.6 Å². The first kappa shape index (κ1) is 15.8. The molecule has 4 heteroatoms. The zero-order chi connectivity index (χ0) is 14.3. The second-order valence-electron chi connectivity index (χ2n) is 5.65. The minimum Gasteiger partial charge on any atom is -0.350 e. The van der Waals surface area contributed by atoms with Gasteiger partial charge in [-0.25, -0.2) is 0 Å². The lowest BCUT2D eigenvalue weighted by Crippen LogP contribution is -2.44. The fraction of sp³-hybridized carbons (Fsp3) is 0.667. The molecule has 2 N–H and O–H groups in total. The van der Waals surface area contributed by atoms with Crippen LogP contribution in [-0.2, 0) is 17.9 Å². The minimum absolute atomic E-state index is 0.0653. The van der Waals surface area contributed by atoms with Crippen molar-refractivity contribution < 1.29 is 4.79 Å². The lowest BCUT2D eigenvalue weighted by atomic mass is 10.0. The molecule has 0 unspecified atom stereocenters. The summed E-state index contributed by atoms with van der Waals surface area (Å²) in [7, 11) is 0. The number of nitrogens with zero attached hydrogens (tertiary/aromatic N) is 1. The molecule has 0 bridgehead atoms. The number of aromatic nitrogens is 1. The smallest absolute Gasteiger partial charge is 0.240 e. The molecule has 1 heterocycles. The van der Waals surface area contributed by atoms with Crippen molar-refractivity contribution >= 4 is 5.91 Å². The van der Waals surface area contributed by atoms with Crippen LogP contribution in [0.4, 0.5) is 0 Å². The van der Waals surface area contributed by atoms with Crippen LogP contribution < -0.4 is 10.6 Å². The molecule has 1 amide bonds. The van der Waals surface area contributed by atoms with E-state index in [9.17, 15) is 4.79 Å². The monoisotopic (exact) mass is 265 g/mol. The lowest BCUT2D eigenvalue weighted by molar-refractivity contribution is -0.123. The van der Waals surface area contributed by atoms with Gasteiger partial charge in [0, 0.05) is 24.5 Å². The van der Waals surface area contributed by atoms with Crippen molar-refractivity contribution in [1.82, 2.24) is 15.2 Å². The first-order chi connectivity index (χ1) is 8.96. The Bertz CT molecular complexity index is 396. The number of nitrogens with one attached hydrogen (secondary N) is 2. The van der Waals surface area contributed by atoms with Crippen molar-refractivity contribution in [2.24, 2.45) is 0 Å². The van der Waals surface area contributed by atoms with E-state index in [-0.39, 0.29) is 11.4 Å². The van der Waals surface area contributed by atoms with E-state index in [1.165, 1.54) is 5.56 Å². The van der Waals surface area contributed by atoms with E-state index in [2.05, 4.69) is 30.5 Å². The third-order valence-corrected chi connectivity index (χ3v) is 3.26. The maximum absolute atomic E-state index is 11.9. The third kappa shape index (κ3) is 5.92. The molecular formula is C15H27N3O. The molecule has 0 spiro atoms. The number of hydrogen-bond donors (Lipinski definition) is 2. The summed E-state index contributed by atoms with van der Waals surface area (Å²) in [4.78, 5) is 11.9. The second kappa shape index (κ2) is 7.34. The van der Waals surface area contributed by atoms with Crippen molar-refractivity contribution in [2.45, 2.75) is 59.2 Å². The number of amides is 1. The topological polar surface area (TPSA) is 46.1 Å². The van der Waals surface area contributed by atoms with E-state index < -0.39 is 0 Å². The molecule has 0 saturated heterocycles. The summed E-state index contributed by atoms with van der Waals surface area (Å²) in [6.45, 7) is 10.6. The van der Waals surface area contributed by atoms with Crippen LogP contribution in [0.5, 0.6) is 0 Å². The molecule has 4 nitrogen and oxygen atoms in total. The Morgan fingerprint density at radius 3 is 2.74 bits per heavy atom. The first-order valence-corrected chi connectivity index (χ1v) is 7.13. The number of carbonyl (C=O) groups excluding carboxylic acids is 1. The summed E-state index contributed by atoms with van der Waals surface area (Å²) in [5, 5.41) is 6.39. The first-order valence-electron chi connectivity index (χ1n) is 7.13. The molecule has 1 aromatic rings. The number of rotatable bonds is 8. The van der Waals surface area contributed by atoms with Crippen LogP contribution in [0.3, 0.4) is 0 Å². The van der Waals surface area contributed by atoms with E-state index in [1.54, 1.807) is 0 Å². The standard InChI is InChI=1S/C15H27N3O/c1-5-8-16-10-13-7-9-18(11-13)12-14(19)17-15(3,4)6-2/h7,9,11,16H,5-6,8,10,12H2,1-4H3,(H,17,19). The van der Waals surface area contributed by atoms with Crippen LogP contribution in [0.25, 0.3) is 0 Å². The lowest BCUT2D eigenvalue weighted by Gasteiger charge is -2.24. The third-order valence-electron chi connectivity index (χ3n) is 3.26. The van der Waals surface area contributed by atoms with E-state index in [1.807, 2.05) is 30.8 Å². The Morgan fingerprint density at radius 1 is 1.37 bits per heavy atom. The van der Waals surface area contributed by atoms with E-state index >= 15 is 0 Å². The summed E-state index contributed by atoms with van der Waals surface area (Å²) in [6.07, 6.45) is 6.05. The van der Waals surface area contributed by atoms with Crippen molar-refractivity contribution in [3.8, 4) is 0 Å². The summed E-state index contributed by atoms with van der Waals surface area (Å²) in [6, 6.07) is 2.06. The number of carbonyl (C=O) groups is 1. The Labute approximate surface area is 116 Å². The van der Waals surface area contributed by atoms with Gasteiger partial charge >= 0.3 is 0 Å². The zero-order valence-corrected chi connectivity index (χ0v) is 12.6. The molecule has 0 aromatic carbocycles. The van der Waals surface area contributed by atoms with Gasteiger partial charge in [0.05, 0.1) is 0 Å². The molecule has 0 aliphatic carbocycles. The summed E-state index contributed by atoms with van der Waals surface area (Å²) >= 11 is 0. The van der Waals surface area contributed by atoms with Gasteiger partial charge in [0.2, 0.25) is 5.91 Å². The average Bonchev–Trinajstić information content (AvgIpc) is 2.76. The predicted molar refractivity (Wildman–Crippen MR) is 78.9 cm³/mol. The molecule has 0 fully saturated rings. The number of hydrogen-bond acceptors (Lipinski definition) is 2. The molecule has 19 heavy (non-hydrogen) atoms. The largest absolute Gasteiger partial charge is 0.350 e. The summed E-state index contributed by atoms with van der Waals surface area (Å²) in [5.74, 6) is 0.0653. The van der Waals surface area contributed by atoms with Gasteiger partial charge in [0.1, 0.15) is 6.54 Å². The van der Waals surface area contributed by atoms with Gasteiger partial charge in [-0.15, -0.1) is 0 Å². The van der Waals surface area contributed by atoms with Gasteiger partial charge in [-0.3, -0.25) is 4.79 Å². The maximum atomic E-state index is 11.9. The Kier molecular flexibility index (Phi) is 6.09. The Balaban J connectivity index is 2.42. The van der Waals surface area contributed by atoms with Crippen LogP contribution in [0.2, 0.25) is 0 Å². The van der Waals surface area contributed by atoms with E-state index in [0.717, 1.165) is 25.9 Å². The SMILES string of the molecule is CCCNCc1ccn(CC(=O)NC(C)(C)CC)c1. The van der Waals surface area contributed by atoms with Gasteiger partial charge in [0.15, 0.2) is 0 Å². The fourth-order valence-electron chi connectivity index (χ4n) is 1.77. The van der Waals surface area contributed by atoms with Gasteiger partial charge < -0.3 is 15.2 Å². The van der Waals surface area contributed by atoms with E-state index in [0.29, 0.717) is 6.54 Å². The van der Waals surface area contributed by atoms with Gasteiger partial charge in [-0.1, -0.05) is 13.8 Å². The normalized spacial score (nSPS) is 11.6. The van der Waals surface area contributed by atoms with Crippen molar-refractivity contribution in [3.05, 3.63) is 24.0 Å². The molecule has 108 valence electrons. The van der Waals surface area contributed by atoms with Crippen molar-refractivity contribution in [3.63, 3.8) is 0 Å². The highest BCUT2D eigenvalue weighted by Crippen LogP contribution is 2.07. The van der Waals surface area contributed by atoms with Crippen molar-refractivity contribution in [1.29, 1.82) is 0 Å². The zero-order valence-electron chi connectivity index (χ0n) is 12.6. The molecule has 0 saturated carbocycles. The van der Waals surface area contributed by atoms with Gasteiger partial charge in [0.25, 0.3) is 0 Å². The highest BCUT2D eigenvalue weighted by Gasteiger charge is 2.17. The second-order valence-corrected chi connectivity index (χ2v) is 5.65. The molecule has 0 aliphatic heterocycles. The molecule has 1 aromatic heterocycles. The quantitative estimate of drug-likeness (QED) is 0.708. The van der Waals surface area contributed by atoms with Gasteiger partial charge in [-0.2, -0.15) is 0 Å². The van der Waals surface area contributed by atoms with Crippen LogP contribution in [0, 0.1) is 0 Å². The summed E-state index contributed by atoms with van der Waals surface area (Å²) in [5.41, 5.74) is 1.09. The predicted octanol–water partition coefficient (Wildman–Crippen LogP) is 2.29. The summed E-state index contributed by atoms with van der Waals surface area (Å²) < 4.78 is 1.93. The Hall–Kier alpha value is -1.29. The highest BCUT2D eigenvalue weighted by atomic mass is 16.2. The van der Waals surface area contributed by atoms with Crippen molar-refractivity contribution in [2.75, 3.05) is 6.54 Å². The average molecular weight is 265 g/mol. The minimum atomic E-state index is -0.129. The molecular weight excluding hydrogens is 238 g/mol. The highest BCUT2D eigenvalue weighted by molar-refractivity contribution is 5.76. The van der Waals surface area contributed by atoms with E-state index in [4.69, 9.17) is 0 Å². The van der Waals surface area contributed by atoms with Crippen LogP contribution in [0.15, 0.2) is 18.5 Å². The fourth-order valence-corrected chi connectivity index (χ4v) is 1.77. The Morgan fingerprint density at radius 2 is 2.11 bits per heavy atom. The molecule has 1 rings (SSSR count). The maximum Gasteiger partial charge on any atom is 0.240 e. The van der Waals surface area contributed by atoms with Crippen LogP contribution in [0.1, 0.15) is 46.1 Å².